The molecule has 0 bridgehead atoms. The highest BCUT2D eigenvalue weighted by Gasteiger charge is 2.73. The number of ether oxygens (including phenoxy) is 4. The van der Waals surface area contributed by atoms with E-state index in [1.165, 1.54) is 0 Å². The lowest BCUT2D eigenvalue weighted by Crippen LogP contribution is -2.56. The van der Waals surface area contributed by atoms with Crippen LogP contribution in [0.1, 0.15) is 35.6 Å². The summed E-state index contributed by atoms with van der Waals surface area (Å²) < 4.78 is 105. The molecule has 0 saturated heterocycles. The van der Waals surface area contributed by atoms with Crippen molar-refractivity contribution in [1.82, 2.24) is 0 Å². The maximum atomic E-state index is 14.0. The second-order valence-corrected chi connectivity index (χ2v) is 8.92. The number of benzene rings is 3. The predicted molar refractivity (Wildman–Crippen MR) is 135 cm³/mol. The van der Waals surface area contributed by atoms with Crippen LogP contribution in [0.25, 0.3) is 0 Å². The zero-order valence-electron chi connectivity index (χ0n) is 21.9. The average molecular weight is 573 g/mol. The Hall–Kier alpha value is -3.28. The molecule has 0 amide bonds. The molecule has 3 rings (SSSR count). The highest BCUT2D eigenvalue weighted by atomic mass is 19.4. The van der Waals surface area contributed by atoms with Gasteiger partial charge < -0.3 is 24.1 Å². The molecule has 1 N–H and O–H groups in total. The van der Waals surface area contributed by atoms with Crippen molar-refractivity contribution in [3.05, 3.63) is 89.0 Å². The minimum absolute atomic E-state index is 0.0829. The minimum atomic E-state index is -5.83. The third-order valence-corrected chi connectivity index (χ3v) is 6.06. The van der Waals surface area contributed by atoms with Crippen LogP contribution in [0.2, 0.25) is 0 Å². The molecular weight excluding hydrogens is 542 g/mol. The molecule has 0 aliphatic rings. The van der Waals surface area contributed by atoms with Crippen LogP contribution in [0.4, 0.5) is 26.3 Å². The van der Waals surface area contributed by atoms with Gasteiger partial charge in [-0.1, -0.05) is 55.8 Å². The number of alkyl halides is 6. The Morgan fingerprint density at radius 2 is 1.48 bits per heavy atom. The first kappa shape index (κ1) is 31.3. The number of hydrogen-bond acceptors (Lipinski definition) is 5. The Labute approximate surface area is 228 Å². The standard InChI is InChI=1S/C29H30F6O5/c1-3-7-22-16-23(27(28(30,31)32,29(33,34)35)39-19-37-2)11-13-25(22)40-24-12-10-21(14-15-36)26(17-24)38-18-20-8-5-4-6-9-20/h4-6,8-13,16-17,36H,3,7,14-15,18-19H2,1-2H3. The number of aliphatic hydroxyl groups excluding tert-OH is 1. The van der Waals surface area contributed by atoms with E-state index in [9.17, 15) is 31.4 Å². The van der Waals surface area contributed by atoms with Gasteiger partial charge in [0.25, 0.3) is 5.60 Å². The largest absolute Gasteiger partial charge is 0.488 e. The van der Waals surface area contributed by atoms with Crippen LogP contribution in [0.15, 0.2) is 66.7 Å². The summed E-state index contributed by atoms with van der Waals surface area (Å²) in [5.41, 5.74) is -4.00. The number of halogens is 6. The van der Waals surface area contributed by atoms with Crippen LogP contribution in [-0.4, -0.2) is 38.0 Å². The maximum absolute atomic E-state index is 14.0. The van der Waals surface area contributed by atoms with Crippen LogP contribution in [0.3, 0.4) is 0 Å². The summed E-state index contributed by atoms with van der Waals surface area (Å²) in [6, 6.07) is 16.7. The van der Waals surface area contributed by atoms with Crippen molar-refractivity contribution in [2.45, 2.75) is 50.7 Å². The van der Waals surface area contributed by atoms with Crippen molar-refractivity contribution < 1.29 is 50.4 Å². The molecule has 3 aromatic carbocycles. The van der Waals surface area contributed by atoms with Gasteiger partial charge >= 0.3 is 12.4 Å². The Kier molecular flexibility index (Phi) is 10.5. The summed E-state index contributed by atoms with van der Waals surface area (Å²) in [4.78, 5) is 0. The fourth-order valence-corrected chi connectivity index (χ4v) is 4.17. The van der Waals surface area contributed by atoms with Crippen molar-refractivity contribution in [3.63, 3.8) is 0 Å². The van der Waals surface area contributed by atoms with Gasteiger partial charge in [0.15, 0.2) is 0 Å². The summed E-state index contributed by atoms with van der Waals surface area (Å²) in [5.74, 6) is 0.757. The Balaban J connectivity index is 2.00. The smallest absolute Gasteiger partial charge is 0.430 e. The Bertz CT molecular complexity index is 1210. The van der Waals surface area contributed by atoms with Crippen LogP contribution in [-0.2, 0) is 34.5 Å². The van der Waals surface area contributed by atoms with E-state index in [0.717, 1.165) is 24.8 Å². The molecule has 40 heavy (non-hydrogen) atoms. The molecule has 0 aliphatic heterocycles. The van der Waals surface area contributed by atoms with E-state index in [4.69, 9.17) is 9.47 Å². The first-order chi connectivity index (χ1) is 19.0. The molecule has 11 heteroatoms. The van der Waals surface area contributed by atoms with Gasteiger partial charge in [-0.2, -0.15) is 26.3 Å². The molecule has 0 aliphatic carbocycles. The van der Waals surface area contributed by atoms with Crippen LogP contribution in [0, 0.1) is 0 Å². The Morgan fingerprint density at radius 3 is 2.08 bits per heavy atom. The second kappa shape index (κ2) is 13.4. The molecule has 0 unspecified atom stereocenters. The summed E-state index contributed by atoms with van der Waals surface area (Å²) in [6.45, 7) is 0.608. The fourth-order valence-electron chi connectivity index (χ4n) is 4.17. The van der Waals surface area contributed by atoms with Crippen LogP contribution < -0.4 is 9.47 Å². The van der Waals surface area contributed by atoms with Gasteiger partial charge in [0, 0.05) is 25.3 Å². The molecular formula is C29H30F6O5. The predicted octanol–water partition coefficient (Wildman–Crippen LogP) is 7.49. The number of methoxy groups -OCH3 is 1. The number of hydrogen-bond donors (Lipinski definition) is 1. The van der Waals surface area contributed by atoms with E-state index < -0.39 is 30.3 Å². The van der Waals surface area contributed by atoms with Crippen molar-refractivity contribution >= 4 is 0 Å². The van der Waals surface area contributed by atoms with E-state index in [1.54, 1.807) is 25.1 Å². The number of aryl methyl sites for hydroxylation is 1. The van der Waals surface area contributed by atoms with Gasteiger partial charge in [0.05, 0.1) is 0 Å². The third-order valence-electron chi connectivity index (χ3n) is 6.06. The molecule has 0 fully saturated rings. The fraction of sp³-hybridized carbons (Fsp3) is 0.379. The SMILES string of the molecule is CCCc1cc(C(OCOC)(C(F)(F)F)C(F)(F)F)ccc1Oc1ccc(CCO)c(OCc2ccccc2)c1. The lowest BCUT2D eigenvalue weighted by Gasteiger charge is -2.37. The summed E-state index contributed by atoms with van der Waals surface area (Å²) >= 11 is 0. The van der Waals surface area contributed by atoms with Crippen molar-refractivity contribution in [1.29, 1.82) is 0 Å². The van der Waals surface area contributed by atoms with Gasteiger partial charge in [-0.05, 0) is 47.7 Å². The summed E-state index contributed by atoms with van der Waals surface area (Å²) in [5, 5.41) is 9.42. The first-order valence-corrected chi connectivity index (χ1v) is 12.4. The van der Waals surface area contributed by atoms with Gasteiger partial charge in [-0.3, -0.25) is 0 Å². The molecule has 0 heterocycles. The van der Waals surface area contributed by atoms with E-state index in [0.29, 0.717) is 30.2 Å². The highest BCUT2D eigenvalue weighted by Crippen LogP contribution is 2.53. The number of rotatable bonds is 13. The normalized spacial score (nSPS) is 12.4. The van der Waals surface area contributed by atoms with Gasteiger partial charge in [0.2, 0.25) is 0 Å². The van der Waals surface area contributed by atoms with Gasteiger partial charge in [0.1, 0.15) is 30.6 Å². The van der Waals surface area contributed by atoms with Gasteiger partial charge in [-0.15, -0.1) is 0 Å². The first-order valence-electron chi connectivity index (χ1n) is 12.4. The topological polar surface area (TPSA) is 57.2 Å². The molecule has 0 spiro atoms. The third kappa shape index (κ3) is 7.07. The van der Waals surface area contributed by atoms with E-state index in [-0.39, 0.29) is 36.7 Å². The molecule has 3 aromatic rings. The summed E-state index contributed by atoms with van der Waals surface area (Å²) in [7, 11) is 0.931. The molecule has 0 atom stereocenters. The lowest BCUT2D eigenvalue weighted by atomic mass is 9.89. The van der Waals surface area contributed by atoms with Crippen molar-refractivity contribution in [2.75, 3.05) is 20.5 Å². The molecule has 0 saturated carbocycles. The van der Waals surface area contributed by atoms with E-state index in [2.05, 4.69) is 9.47 Å². The second-order valence-electron chi connectivity index (χ2n) is 8.92. The Morgan fingerprint density at radius 1 is 0.775 bits per heavy atom. The average Bonchev–Trinajstić information content (AvgIpc) is 2.89. The minimum Gasteiger partial charge on any atom is -0.488 e. The monoisotopic (exact) mass is 572 g/mol. The summed E-state index contributed by atoms with van der Waals surface area (Å²) in [6.07, 6.45) is -10.8. The van der Waals surface area contributed by atoms with Crippen LogP contribution >= 0.6 is 0 Å². The number of aliphatic hydroxyl groups is 1. The van der Waals surface area contributed by atoms with Gasteiger partial charge in [-0.25, -0.2) is 0 Å². The molecule has 5 nitrogen and oxygen atoms in total. The molecule has 0 aromatic heterocycles. The molecule has 0 radical (unpaired) electrons. The van der Waals surface area contributed by atoms with Crippen LogP contribution in [0.5, 0.6) is 17.2 Å². The van der Waals surface area contributed by atoms with Crippen molar-refractivity contribution in [3.8, 4) is 17.2 Å². The highest BCUT2D eigenvalue weighted by molar-refractivity contribution is 5.46. The maximum Gasteiger partial charge on any atom is 0.430 e. The zero-order chi connectivity index (χ0) is 29.4. The lowest BCUT2D eigenvalue weighted by molar-refractivity contribution is -0.400. The quantitative estimate of drug-likeness (QED) is 0.170. The van der Waals surface area contributed by atoms with E-state index in [1.807, 2.05) is 30.3 Å². The zero-order valence-corrected chi connectivity index (χ0v) is 21.9. The van der Waals surface area contributed by atoms with E-state index >= 15 is 0 Å². The van der Waals surface area contributed by atoms with Crippen molar-refractivity contribution in [2.24, 2.45) is 0 Å². The molecule has 218 valence electrons.